The number of aliphatic hydroxyl groups is 1. The highest BCUT2D eigenvalue weighted by Crippen LogP contribution is 2.19. The Labute approximate surface area is 308 Å². The van der Waals surface area contributed by atoms with Crippen molar-refractivity contribution in [2.75, 3.05) is 6.54 Å². The molecule has 1 heterocycles. The van der Waals surface area contributed by atoms with Crippen LogP contribution < -0.4 is 27.0 Å². The Morgan fingerprint density at radius 1 is 0.698 bits per heavy atom. The van der Waals surface area contributed by atoms with E-state index in [1.165, 1.54) is 18.7 Å². The maximum atomic E-state index is 13.7. The first kappa shape index (κ1) is 40.2. The second-order valence-electron chi connectivity index (χ2n) is 13.3. The summed E-state index contributed by atoms with van der Waals surface area (Å²) < 4.78 is 0. The average Bonchev–Trinajstić information content (AvgIpc) is 3.64. The van der Waals surface area contributed by atoms with Gasteiger partial charge in [-0.3, -0.25) is 24.0 Å². The van der Waals surface area contributed by atoms with Crippen LogP contribution in [0.15, 0.2) is 91.0 Å². The number of nitrogens with two attached hydrogens (primary N) is 1. The van der Waals surface area contributed by atoms with Gasteiger partial charge in [0.25, 0.3) is 0 Å². The van der Waals surface area contributed by atoms with E-state index in [0.717, 1.165) is 11.1 Å². The maximum Gasteiger partial charge on any atom is 0.326 e. The van der Waals surface area contributed by atoms with Crippen LogP contribution in [0, 0.1) is 0 Å². The minimum atomic E-state index is -1.45. The van der Waals surface area contributed by atoms with Crippen LogP contribution in [0.3, 0.4) is 0 Å². The Hall–Kier alpha value is -5.60. The molecule has 282 valence electrons. The van der Waals surface area contributed by atoms with Crippen LogP contribution in [0.1, 0.15) is 43.4 Å². The van der Waals surface area contributed by atoms with Crippen molar-refractivity contribution >= 4 is 35.5 Å². The molecule has 0 aliphatic carbocycles. The normalized spacial score (nSPS) is 17.3. The zero-order valence-corrected chi connectivity index (χ0v) is 29.8. The first-order valence-corrected chi connectivity index (χ1v) is 17.6. The lowest BCUT2D eigenvalue weighted by Gasteiger charge is -2.29. The Balaban J connectivity index is 1.42. The average molecular weight is 729 g/mol. The van der Waals surface area contributed by atoms with E-state index in [0.29, 0.717) is 18.4 Å². The summed E-state index contributed by atoms with van der Waals surface area (Å²) in [7, 11) is 0. The van der Waals surface area contributed by atoms with Gasteiger partial charge in [0.05, 0.1) is 12.1 Å². The van der Waals surface area contributed by atoms with E-state index < -0.39 is 77.9 Å². The second kappa shape index (κ2) is 19.3. The third kappa shape index (κ3) is 11.7. The van der Waals surface area contributed by atoms with Gasteiger partial charge in [0.1, 0.15) is 30.2 Å². The molecule has 14 nitrogen and oxygen atoms in total. The van der Waals surface area contributed by atoms with Crippen molar-refractivity contribution in [1.29, 1.82) is 0 Å². The van der Waals surface area contributed by atoms with E-state index in [1.807, 2.05) is 30.3 Å². The lowest BCUT2D eigenvalue weighted by molar-refractivity contribution is -0.144. The van der Waals surface area contributed by atoms with Gasteiger partial charge in [0, 0.05) is 19.4 Å². The molecular formula is C39H48N6O8. The molecule has 4 rings (SSSR count). The zero-order valence-electron chi connectivity index (χ0n) is 29.8. The van der Waals surface area contributed by atoms with E-state index in [4.69, 9.17) is 5.73 Å². The third-order valence-corrected chi connectivity index (χ3v) is 9.08. The summed E-state index contributed by atoms with van der Waals surface area (Å²) in [5.41, 5.74) is 8.33. The molecule has 1 fully saturated rings. The van der Waals surface area contributed by atoms with Crippen molar-refractivity contribution in [3.05, 3.63) is 108 Å². The molecule has 0 aromatic heterocycles. The van der Waals surface area contributed by atoms with Gasteiger partial charge in [-0.15, -0.1) is 0 Å². The Morgan fingerprint density at radius 2 is 1.21 bits per heavy atom. The molecule has 3 aromatic rings. The number of hydrogen-bond acceptors (Lipinski definition) is 8. The molecule has 5 amide bonds. The number of carboxylic acid groups (broad SMARTS) is 1. The van der Waals surface area contributed by atoms with Crippen LogP contribution in [0.2, 0.25) is 0 Å². The molecule has 0 bridgehead atoms. The monoisotopic (exact) mass is 728 g/mol. The first-order chi connectivity index (χ1) is 25.3. The van der Waals surface area contributed by atoms with E-state index >= 15 is 0 Å². The van der Waals surface area contributed by atoms with Gasteiger partial charge < -0.3 is 42.1 Å². The molecule has 14 heteroatoms. The fraction of sp³-hybridized carbons (Fsp3) is 0.385. The van der Waals surface area contributed by atoms with Gasteiger partial charge in [-0.25, -0.2) is 4.79 Å². The number of aliphatic carboxylic acids is 1. The van der Waals surface area contributed by atoms with Crippen LogP contribution in [-0.2, 0) is 48.0 Å². The number of aliphatic hydroxyl groups excluding tert-OH is 1. The summed E-state index contributed by atoms with van der Waals surface area (Å²) in [6.07, 6.45) is -0.280. The van der Waals surface area contributed by atoms with Crippen LogP contribution in [-0.4, -0.2) is 99.5 Å². The molecule has 53 heavy (non-hydrogen) atoms. The molecule has 0 radical (unpaired) electrons. The minimum absolute atomic E-state index is 0.0139. The van der Waals surface area contributed by atoms with Gasteiger partial charge in [0.2, 0.25) is 29.5 Å². The Kier molecular flexibility index (Phi) is 14.6. The first-order valence-electron chi connectivity index (χ1n) is 17.6. The fourth-order valence-corrected chi connectivity index (χ4v) is 6.19. The summed E-state index contributed by atoms with van der Waals surface area (Å²) in [6.45, 7) is 3.00. The highest BCUT2D eigenvalue weighted by atomic mass is 16.4. The number of carbonyl (C=O) groups excluding carboxylic acids is 5. The summed E-state index contributed by atoms with van der Waals surface area (Å²) in [6, 6.07) is 19.8. The van der Waals surface area contributed by atoms with Gasteiger partial charge in [-0.05, 0) is 49.8 Å². The second-order valence-corrected chi connectivity index (χ2v) is 13.3. The van der Waals surface area contributed by atoms with Crippen LogP contribution in [0.25, 0.3) is 0 Å². The van der Waals surface area contributed by atoms with Crippen LogP contribution in [0.4, 0.5) is 0 Å². The largest absolute Gasteiger partial charge is 0.480 e. The van der Waals surface area contributed by atoms with Crippen molar-refractivity contribution in [1.82, 2.24) is 26.2 Å². The van der Waals surface area contributed by atoms with Gasteiger partial charge in [-0.1, -0.05) is 91.0 Å². The van der Waals surface area contributed by atoms with Gasteiger partial charge in [0.15, 0.2) is 0 Å². The van der Waals surface area contributed by atoms with Crippen molar-refractivity contribution < 1.29 is 39.0 Å². The molecule has 3 aromatic carbocycles. The highest BCUT2D eigenvalue weighted by Gasteiger charge is 2.39. The maximum absolute atomic E-state index is 13.7. The molecule has 8 N–H and O–H groups in total. The topological polar surface area (TPSA) is 220 Å². The molecule has 0 unspecified atom stereocenters. The fourth-order valence-electron chi connectivity index (χ4n) is 6.19. The van der Waals surface area contributed by atoms with Crippen LogP contribution in [0.5, 0.6) is 0 Å². The summed E-state index contributed by atoms with van der Waals surface area (Å²) in [5.74, 6) is -4.60. The molecule has 1 aliphatic rings. The van der Waals surface area contributed by atoms with Crippen molar-refractivity contribution in [2.45, 2.75) is 88.3 Å². The Morgan fingerprint density at radius 3 is 1.72 bits per heavy atom. The lowest BCUT2D eigenvalue weighted by Crippen LogP contribution is -2.61. The van der Waals surface area contributed by atoms with E-state index in [1.54, 1.807) is 60.7 Å². The van der Waals surface area contributed by atoms with Crippen molar-refractivity contribution in [3.63, 3.8) is 0 Å². The molecule has 7 atom stereocenters. The SMILES string of the molecule is C[C@H](NC(=O)[C@H](Cc1ccccc1)NC(=O)[C@@H](NC(=O)[C@@H](N)Cc1ccccc1)[C@@H](C)O)C(=O)N1CCC[C@H]1C(=O)N[C@@H](Cc1ccccc1)C(=O)O. The number of nitrogens with zero attached hydrogens (tertiary/aromatic N) is 1. The number of nitrogens with one attached hydrogen (secondary N) is 4. The number of benzene rings is 3. The van der Waals surface area contributed by atoms with E-state index in [-0.39, 0.29) is 25.8 Å². The summed E-state index contributed by atoms with van der Waals surface area (Å²) in [4.78, 5) is 80.5. The smallest absolute Gasteiger partial charge is 0.326 e. The predicted molar refractivity (Wildman–Crippen MR) is 196 cm³/mol. The predicted octanol–water partition coefficient (Wildman–Crippen LogP) is 0.457. The lowest BCUT2D eigenvalue weighted by atomic mass is 10.0. The summed E-state index contributed by atoms with van der Waals surface area (Å²) in [5, 5.41) is 30.6. The van der Waals surface area contributed by atoms with Crippen molar-refractivity contribution in [3.8, 4) is 0 Å². The number of carbonyl (C=O) groups is 6. The molecular weight excluding hydrogens is 680 g/mol. The summed E-state index contributed by atoms with van der Waals surface area (Å²) >= 11 is 0. The number of carboxylic acids is 1. The number of amides is 5. The van der Waals surface area contributed by atoms with Gasteiger partial charge >= 0.3 is 5.97 Å². The van der Waals surface area contributed by atoms with Gasteiger partial charge in [-0.2, -0.15) is 0 Å². The van der Waals surface area contributed by atoms with E-state index in [2.05, 4.69) is 21.3 Å². The molecule has 0 spiro atoms. The number of hydrogen-bond donors (Lipinski definition) is 7. The quantitative estimate of drug-likeness (QED) is 0.103. The Bertz CT molecular complexity index is 1710. The standard InChI is InChI=1S/C39H48N6O8/c1-24(38(51)45-20-12-19-32(45)36(49)43-31(39(52)53)23-28-17-10-5-11-18-28)41-35(48)30(22-27-15-8-4-9-16-27)42-37(50)33(25(2)46)44-34(47)29(40)21-26-13-6-3-7-14-26/h3-11,13-18,24-25,29-33,46H,12,19-23,40H2,1-2H3,(H,41,48)(H,42,50)(H,43,49)(H,44,47)(H,52,53)/t24-,25+,29-,30-,31-,32-,33-/m0/s1. The molecule has 0 saturated carbocycles. The highest BCUT2D eigenvalue weighted by molar-refractivity contribution is 5.96. The zero-order chi connectivity index (χ0) is 38.5. The number of rotatable bonds is 17. The third-order valence-electron chi connectivity index (χ3n) is 9.08. The van der Waals surface area contributed by atoms with Crippen LogP contribution >= 0.6 is 0 Å². The van der Waals surface area contributed by atoms with E-state index in [9.17, 15) is 39.0 Å². The van der Waals surface area contributed by atoms with Crippen molar-refractivity contribution in [2.24, 2.45) is 5.73 Å². The minimum Gasteiger partial charge on any atom is -0.480 e. The molecule has 1 saturated heterocycles. The number of likely N-dealkylation sites (tertiary alicyclic amines) is 1. The molecule has 1 aliphatic heterocycles.